The Morgan fingerprint density at radius 2 is 2.20 bits per heavy atom. The van der Waals surface area contributed by atoms with Gasteiger partial charge in [-0.1, -0.05) is 0 Å². The van der Waals surface area contributed by atoms with E-state index in [4.69, 9.17) is 5.26 Å². The quantitative estimate of drug-likeness (QED) is 0.584. The molecule has 0 aromatic carbocycles. The minimum atomic E-state index is -0.175. The molecule has 0 aliphatic heterocycles. The Labute approximate surface area is 116 Å². The van der Waals surface area contributed by atoms with Gasteiger partial charge in [0.2, 0.25) is 0 Å². The Morgan fingerprint density at radius 3 is 2.87 bits per heavy atom. The fraction of sp³-hybridized carbons (Fsp3) is 0. The summed E-state index contributed by atoms with van der Waals surface area (Å²) < 4.78 is 0.509. The second-order valence-corrected chi connectivity index (χ2v) is 3.36. The summed E-state index contributed by atoms with van der Waals surface area (Å²) in [5, 5.41) is 19.0. The Kier molecular flexibility index (Phi) is 4.05. The van der Waals surface area contributed by atoms with Crippen molar-refractivity contribution in [1.82, 2.24) is 9.97 Å². The summed E-state index contributed by atoms with van der Waals surface area (Å²) in [4.78, 5) is 7.86. The number of nitriles is 1. The van der Waals surface area contributed by atoms with Crippen LogP contribution in [0.2, 0.25) is 0 Å². The van der Waals surface area contributed by atoms with E-state index in [1.165, 1.54) is 0 Å². The fourth-order valence-electron chi connectivity index (χ4n) is 1.16. The van der Waals surface area contributed by atoms with Gasteiger partial charge in [0.25, 0.3) is 0 Å². The SMILES string of the molecule is N#Cc1nc(Br)c2cccnc2c1O.[Na]. The molecule has 0 unspecified atom stereocenters. The van der Waals surface area contributed by atoms with Crippen molar-refractivity contribution >= 4 is 56.4 Å². The van der Waals surface area contributed by atoms with E-state index in [0.29, 0.717) is 15.5 Å². The van der Waals surface area contributed by atoms with Crippen LogP contribution in [0.4, 0.5) is 0 Å². The van der Waals surface area contributed by atoms with Crippen molar-refractivity contribution in [2.45, 2.75) is 0 Å². The smallest absolute Gasteiger partial charge is 0.185 e. The molecule has 1 radical (unpaired) electrons. The van der Waals surface area contributed by atoms with Gasteiger partial charge in [0.15, 0.2) is 11.4 Å². The number of aromatic hydroxyl groups is 1. The Morgan fingerprint density at radius 1 is 1.47 bits per heavy atom. The van der Waals surface area contributed by atoms with Gasteiger partial charge in [0.05, 0.1) is 0 Å². The Hall–Kier alpha value is -0.670. The van der Waals surface area contributed by atoms with Crippen molar-refractivity contribution in [3.8, 4) is 11.8 Å². The van der Waals surface area contributed by atoms with Crippen LogP contribution in [0.25, 0.3) is 10.9 Å². The number of halogens is 1. The first kappa shape index (κ1) is 12.4. The van der Waals surface area contributed by atoms with Gasteiger partial charge in [-0.2, -0.15) is 5.26 Å². The number of aromatic nitrogens is 2. The molecule has 0 saturated carbocycles. The summed E-state index contributed by atoms with van der Waals surface area (Å²) in [6.45, 7) is 0. The monoisotopic (exact) mass is 272 g/mol. The van der Waals surface area contributed by atoms with Crippen LogP contribution >= 0.6 is 15.9 Å². The molecule has 0 bridgehead atoms. The van der Waals surface area contributed by atoms with Crippen molar-refractivity contribution in [3.05, 3.63) is 28.6 Å². The van der Waals surface area contributed by atoms with E-state index in [1.807, 2.05) is 0 Å². The van der Waals surface area contributed by atoms with Gasteiger partial charge in [-0.3, -0.25) is 4.98 Å². The largest absolute Gasteiger partial charge is 0.503 e. The Balaban J connectivity index is 0.00000112. The van der Waals surface area contributed by atoms with E-state index in [1.54, 1.807) is 24.4 Å². The van der Waals surface area contributed by atoms with E-state index in [9.17, 15) is 5.11 Å². The molecule has 0 aliphatic rings. The van der Waals surface area contributed by atoms with Crippen LogP contribution in [0.5, 0.6) is 5.75 Å². The molecule has 1 N–H and O–H groups in total. The van der Waals surface area contributed by atoms with E-state index in [2.05, 4.69) is 25.9 Å². The third kappa shape index (κ3) is 2.13. The van der Waals surface area contributed by atoms with Gasteiger partial charge < -0.3 is 5.11 Å². The molecule has 0 atom stereocenters. The molecule has 2 aromatic rings. The van der Waals surface area contributed by atoms with Crippen LogP contribution in [0.1, 0.15) is 5.69 Å². The van der Waals surface area contributed by atoms with Crippen LogP contribution in [-0.2, 0) is 0 Å². The summed E-state index contributed by atoms with van der Waals surface area (Å²) in [5.74, 6) is -0.175. The summed E-state index contributed by atoms with van der Waals surface area (Å²) in [6, 6.07) is 5.30. The van der Waals surface area contributed by atoms with Crippen molar-refractivity contribution in [3.63, 3.8) is 0 Å². The first-order valence-corrected chi connectivity index (χ1v) is 4.56. The molecule has 0 aliphatic carbocycles. The maximum atomic E-state index is 9.61. The predicted octanol–water partition coefficient (Wildman–Crippen LogP) is 1.59. The molecule has 69 valence electrons. The van der Waals surface area contributed by atoms with E-state index >= 15 is 0 Å². The zero-order valence-corrected chi connectivity index (χ0v) is 11.5. The van der Waals surface area contributed by atoms with Crippen molar-refractivity contribution in [1.29, 1.82) is 5.26 Å². The number of fused-ring (bicyclic) bond motifs is 1. The topological polar surface area (TPSA) is 69.8 Å². The Bertz CT molecular complexity index is 553. The molecule has 0 saturated heterocycles. The molecule has 6 heteroatoms. The third-order valence-electron chi connectivity index (χ3n) is 1.79. The van der Waals surface area contributed by atoms with Crippen LogP contribution in [0.3, 0.4) is 0 Å². The molecule has 2 rings (SSSR count). The third-order valence-corrected chi connectivity index (χ3v) is 2.40. The van der Waals surface area contributed by atoms with Gasteiger partial charge in [-0.25, -0.2) is 4.98 Å². The number of hydrogen-bond acceptors (Lipinski definition) is 4. The zero-order chi connectivity index (χ0) is 10.1. The van der Waals surface area contributed by atoms with Crippen molar-refractivity contribution in [2.24, 2.45) is 0 Å². The van der Waals surface area contributed by atoms with Crippen molar-refractivity contribution in [2.75, 3.05) is 0 Å². The summed E-state index contributed by atoms with van der Waals surface area (Å²) in [5.41, 5.74) is 0.356. The molecule has 2 heterocycles. The molecule has 0 fully saturated rings. The predicted molar refractivity (Wildman–Crippen MR) is 59.4 cm³/mol. The van der Waals surface area contributed by atoms with E-state index < -0.39 is 0 Å². The first-order chi connectivity index (χ1) is 6.74. The average molecular weight is 273 g/mol. The summed E-state index contributed by atoms with van der Waals surface area (Å²) in [7, 11) is 0. The van der Waals surface area contributed by atoms with Crippen LogP contribution in [0.15, 0.2) is 22.9 Å². The normalized spacial score (nSPS) is 9.33. The van der Waals surface area contributed by atoms with Gasteiger partial charge in [0, 0.05) is 41.1 Å². The van der Waals surface area contributed by atoms with Crippen LogP contribution in [0, 0.1) is 11.3 Å². The molecule has 2 aromatic heterocycles. The fourth-order valence-corrected chi connectivity index (χ4v) is 1.66. The molecule has 15 heavy (non-hydrogen) atoms. The van der Waals surface area contributed by atoms with Gasteiger partial charge >= 0.3 is 0 Å². The second kappa shape index (κ2) is 4.90. The maximum absolute atomic E-state index is 9.61. The van der Waals surface area contributed by atoms with Gasteiger partial charge in [-0.15, -0.1) is 0 Å². The van der Waals surface area contributed by atoms with Gasteiger partial charge in [0.1, 0.15) is 16.2 Å². The minimum absolute atomic E-state index is 0. The zero-order valence-electron chi connectivity index (χ0n) is 7.90. The number of pyridine rings is 2. The average Bonchev–Trinajstić information content (AvgIpc) is 2.23. The van der Waals surface area contributed by atoms with Crippen LogP contribution in [-0.4, -0.2) is 44.6 Å². The maximum Gasteiger partial charge on any atom is 0.185 e. The number of hydrogen-bond donors (Lipinski definition) is 1. The van der Waals surface area contributed by atoms with E-state index in [-0.39, 0.29) is 41.0 Å². The number of rotatable bonds is 0. The van der Waals surface area contributed by atoms with Gasteiger partial charge in [-0.05, 0) is 28.1 Å². The molecule has 4 nitrogen and oxygen atoms in total. The summed E-state index contributed by atoms with van der Waals surface area (Å²) in [6.07, 6.45) is 1.55. The molecular formula is C9H4BrN3NaO. The molecule has 0 spiro atoms. The molecular weight excluding hydrogens is 269 g/mol. The second-order valence-electron chi connectivity index (χ2n) is 2.61. The van der Waals surface area contributed by atoms with Crippen LogP contribution < -0.4 is 0 Å². The summed E-state index contributed by atoms with van der Waals surface area (Å²) >= 11 is 3.21. The molecule has 0 amide bonds. The first-order valence-electron chi connectivity index (χ1n) is 3.77. The minimum Gasteiger partial charge on any atom is -0.503 e. The number of nitrogens with zero attached hydrogens (tertiary/aromatic N) is 3. The van der Waals surface area contributed by atoms with E-state index in [0.717, 1.165) is 0 Å². The standard InChI is InChI=1S/C9H4BrN3O.Na/c10-9-5-2-1-3-12-7(5)8(14)6(4-11)13-9;/h1-3,14H;. The van der Waals surface area contributed by atoms with Crippen molar-refractivity contribution < 1.29 is 5.11 Å².